The zero-order valence-corrected chi connectivity index (χ0v) is 65.3. The number of amides is 6. The molecule has 0 radical (unpaired) electrons. The van der Waals surface area contributed by atoms with Crippen LogP contribution in [0.5, 0.6) is 34.5 Å². The summed E-state index contributed by atoms with van der Waals surface area (Å²) < 4.78 is 260. The third kappa shape index (κ3) is 32.9. The lowest BCUT2D eigenvalue weighted by atomic mass is 9.77. The highest BCUT2D eigenvalue weighted by molar-refractivity contribution is 5.84. The van der Waals surface area contributed by atoms with E-state index in [0.29, 0.717) is 27.8 Å². The average Bonchev–Trinajstić information content (AvgIpc) is 0.770. The maximum Gasteiger partial charge on any atom is 0.573 e. The highest BCUT2D eigenvalue weighted by atomic mass is 19.4. The Hall–Kier alpha value is -14.0. The topological polar surface area (TPSA) is 274 Å². The van der Waals surface area contributed by atoms with Crippen molar-refractivity contribution in [2.24, 2.45) is 5.92 Å². The standard InChI is InChI=1S/C32H26F6N2O4.C29H28F6N2O5.C26H22F6N2O5.2CH4/c1-21(41)24-15-13-23(14-16-24)20-39-29(42)40-30(19-22-7-3-2-4-8-22,25-9-5-11-27(17-25)43-31(33,34)35)26-10-6-12-28(18-26)44-32(36,37)38;1-18(2)14-24(25(38)39)36-26(40)37-27(17-19-8-4-3-5-9-19,20-10-6-12-22(15-20)41-28(30,31)32)21-11-7-13-23(16-21)42-29(33,34)35;27-25(28,29)38-20-10-4-8-18(14-20)24(16-17-6-2-1-3-7-17,34-23(37)33-13-12-22(35)36)19-9-5-11-21(15-19)39-26(30,31)32;;/h2-18,41H,1,19-20H2,(H2,39,40,42);3-13,15-16,18,24H,14,17H2,1-2H3,(H,38,39)(H2,36,37,40);1-11,14-15H,12-13,16H2,(H,35,36)(H2,33,34,37);2*1H4/t;24-;;;/m.1.../s1. The second-order valence-corrected chi connectivity index (χ2v) is 27.8. The molecule has 0 saturated carbocycles. The number of urea groups is 3. The van der Waals surface area contributed by atoms with Crippen LogP contribution in [0.1, 0.15) is 103 Å². The van der Waals surface area contributed by atoms with Crippen molar-refractivity contribution in [2.75, 3.05) is 6.54 Å². The second kappa shape index (κ2) is 44.1. The van der Waals surface area contributed by atoms with E-state index in [0.717, 1.165) is 72.8 Å². The largest absolute Gasteiger partial charge is 0.573 e. The Bertz CT molecular complexity index is 5080. The Balaban J connectivity index is 0.000000292. The van der Waals surface area contributed by atoms with Crippen LogP contribution in [0.25, 0.3) is 5.76 Å². The number of nitrogens with one attached hydrogen (secondary N) is 6. The molecule has 0 bridgehead atoms. The van der Waals surface area contributed by atoms with Gasteiger partial charge in [-0.2, -0.15) is 0 Å². The third-order valence-corrected chi connectivity index (χ3v) is 18.0. The minimum atomic E-state index is -5.06. The van der Waals surface area contributed by atoms with Crippen LogP contribution in [0.2, 0.25) is 0 Å². The summed E-state index contributed by atoms with van der Waals surface area (Å²) in [5.74, 6) is -6.54. The summed E-state index contributed by atoms with van der Waals surface area (Å²) in [7, 11) is 0. The summed E-state index contributed by atoms with van der Waals surface area (Å²) in [5.41, 5.74) is -2.26. The molecule has 0 saturated heterocycles. The quantitative estimate of drug-likeness (QED) is 0.0144. The Morgan fingerprint density at radius 1 is 0.339 bits per heavy atom. The van der Waals surface area contributed by atoms with Crippen LogP contribution in [0.4, 0.5) is 93.4 Å². The normalized spacial score (nSPS) is 12.0. The fourth-order valence-electron chi connectivity index (χ4n) is 13.0. The van der Waals surface area contributed by atoms with Crippen LogP contribution in [0.3, 0.4) is 0 Å². The summed E-state index contributed by atoms with van der Waals surface area (Å²) in [6.45, 7) is 6.64. The van der Waals surface area contributed by atoms with Gasteiger partial charge in [0.15, 0.2) is 0 Å². The Labute approximate surface area is 715 Å². The fourth-order valence-corrected chi connectivity index (χ4v) is 13.0. The molecule has 0 heterocycles. The van der Waals surface area contributed by atoms with E-state index in [2.05, 4.69) is 66.9 Å². The van der Waals surface area contributed by atoms with Gasteiger partial charge in [-0.15, -0.1) is 79.0 Å². The van der Waals surface area contributed by atoms with Crippen molar-refractivity contribution < 1.29 is 147 Å². The monoisotopic (exact) mass is 1800 g/mol. The first-order chi connectivity index (χ1) is 58.5. The van der Waals surface area contributed by atoms with Gasteiger partial charge in [-0.25, -0.2) is 19.2 Å². The van der Waals surface area contributed by atoms with Crippen molar-refractivity contribution in [1.82, 2.24) is 31.9 Å². The number of hydrogen-bond donors (Lipinski definition) is 9. The molecule has 0 spiro atoms. The highest BCUT2D eigenvalue weighted by Gasteiger charge is 2.45. The van der Waals surface area contributed by atoms with Crippen molar-refractivity contribution in [3.8, 4) is 34.5 Å². The third-order valence-electron chi connectivity index (χ3n) is 18.0. The molecule has 1 atom stereocenters. The van der Waals surface area contributed by atoms with Gasteiger partial charge in [0, 0.05) is 37.9 Å². The molecule has 0 aromatic heterocycles. The summed E-state index contributed by atoms with van der Waals surface area (Å²) in [5, 5.41) is 43.6. The highest BCUT2D eigenvalue weighted by Crippen LogP contribution is 2.43. The Morgan fingerprint density at radius 3 is 0.835 bits per heavy atom. The number of aliphatic hydroxyl groups excluding tert-OH is 1. The van der Waals surface area contributed by atoms with E-state index in [1.54, 1.807) is 129 Å². The van der Waals surface area contributed by atoms with E-state index in [1.165, 1.54) is 72.8 Å². The number of aliphatic hydroxyl groups is 1. The molecule has 20 nitrogen and oxygen atoms in total. The molecule has 9 N–H and O–H groups in total. The van der Waals surface area contributed by atoms with Gasteiger partial charge >= 0.3 is 68.2 Å². The first kappa shape index (κ1) is 102. The summed E-state index contributed by atoms with van der Waals surface area (Å²) in [6, 6.07) is 55.9. The predicted molar refractivity (Wildman–Crippen MR) is 430 cm³/mol. The maximum atomic E-state index is 13.5. The summed E-state index contributed by atoms with van der Waals surface area (Å²) in [4.78, 5) is 62.6. The molecular formula is C89H84F18N6O14. The molecule has 6 amide bonds. The lowest BCUT2D eigenvalue weighted by Crippen LogP contribution is -2.55. The average molecular weight is 1800 g/mol. The van der Waals surface area contributed by atoms with E-state index in [-0.39, 0.29) is 98.7 Å². The molecule has 0 fully saturated rings. The van der Waals surface area contributed by atoms with Gasteiger partial charge in [0.1, 0.15) is 46.3 Å². The molecule has 10 rings (SSSR count). The van der Waals surface area contributed by atoms with Crippen LogP contribution in [0.15, 0.2) is 267 Å². The Kier molecular flexibility index (Phi) is 35.3. The Morgan fingerprint density at radius 2 is 0.598 bits per heavy atom. The van der Waals surface area contributed by atoms with Crippen LogP contribution >= 0.6 is 0 Å². The van der Waals surface area contributed by atoms with Gasteiger partial charge < -0.3 is 75.6 Å². The number of aliphatic carboxylic acids is 2. The number of ether oxygens (including phenoxy) is 6. The van der Waals surface area contributed by atoms with E-state index < -0.39 is 132 Å². The number of rotatable bonds is 31. The van der Waals surface area contributed by atoms with Crippen LogP contribution in [-0.4, -0.2) is 96.1 Å². The first-order valence-corrected chi connectivity index (χ1v) is 37.0. The van der Waals surface area contributed by atoms with Gasteiger partial charge in [0.25, 0.3) is 0 Å². The van der Waals surface area contributed by atoms with Crippen molar-refractivity contribution in [2.45, 2.75) is 128 Å². The second-order valence-electron chi connectivity index (χ2n) is 27.8. The minimum absolute atomic E-state index is 0. The van der Waals surface area contributed by atoms with Gasteiger partial charge in [-0.3, -0.25) is 4.79 Å². The molecular weight excluding hydrogens is 1720 g/mol. The zero-order chi connectivity index (χ0) is 91.8. The molecule has 0 unspecified atom stereocenters. The van der Waals surface area contributed by atoms with Gasteiger partial charge in [-0.05, 0) is 141 Å². The molecule has 0 aliphatic carbocycles. The molecule has 10 aromatic rings. The number of benzene rings is 10. The van der Waals surface area contributed by atoms with Gasteiger partial charge in [0.2, 0.25) is 0 Å². The molecule has 38 heteroatoms. The number of alkyl halides is 18. The fraction of sp³-hybridized carbons (Fsp3) is 0.247. The molecule has 680 valence electrons. The van der Waals surface area contributed by atoms with Crippen molar-refractivity contribution in [3.63, 3.8) is 0 Å². The molecule has 0 aliphatic heterocycles. The summed E-state index contributed by atoms with van der Waals surface area (Å²) >= 11 is 0. The SMILES string of the molecule is C.C.C=C(O)c1ccc(CNC(=O)NC(Cc2ccccc2)(c2cccc(OC(F)(F)F)c2)c2cccc(OC(F)(F)F)c2)cc1.CC(C)C[C@@H](NC(=O)NC(Cc1ccccc1)(c1cccc(OC(F)(F)F)c1)c1cccc(OC(F)(F)F)c1)C(=O)O.O=C(O)CCNC(=O)NC(Cc1ccccc1)(c1cccc(OC(F)(F)F)c1)c1cccc(OC(F)(F)F)c1. The minimum Gasteiger partial charge on any atom is -0.508 e. The lowest BCUT2D eigenvalue weighted by Gasteiger charge is -2.37. The first-order valence-electron chi connectivity index (χ1n) is 37.0. The van der Waals surface area contributed by atoms with Crippen LogP contribution in [0, 0.1) is 5.92 Å². The van der Waals surface area contributed by atoms with Crippen molar-refractivity contribution in [1.29, 1.82) is 0 Å². The zero-order valence-electron chi connectivity index (χ0n) is 65.3. The predicted octanol–water partition coefficient (Wildman–Crippen LogP) is 21.8. The molecule has 0 aliphatic rings. The van der Waals surface area contributed by atoms with Crippen molar-refractivity contribution in [3.05, 3.63) is 329 Å². The number of carbonyl (C=O) groups excluding carboxylic acids is 3. The van der Waals surface area contributed by atoms with E-state index in [1.807, 2.05) is 0 Å². The number of halogens is 18. The molecule has 127 heavy (non-hydrogen) atoms. The van der Waals surface area contributed by atoms with Crippen LogP contribution < -0.4 is 60.3 Å². The van der Waals surface area contributed by atoms with Gasteiger partial charge in [0.05, 0.1) is 23.0 Å². The number of carboxylic acids is 2. The number of carboxylic acid groups (broad SMARTS) is 2. The number of carbonyl (C=O) groups is 5. The van der Waals surface area contributed by atoms with E-state index in [4.69, 9.17) is 5.11 Å². The smallest absolute Gasteiger partial charge is 0.508 e. The van der Waals surface area contributed by atoms with Gasteiger partial charge in [-0.1, -0.05) is 223 Å². The summed E-state index contributed by atoms with van der Waals surface area (Å²) in [6.07, 6.45) is -31.0. The van der Waals surface area contributed by atoms with Crippen LogP contribution in [-0.2, 0) is 52.0 Å². The van der Waals surface area contributed by atoms with E-state index >= 15 is 0 Å². The van der Waals surface area contributed by atoms with E-state index in [9.17, 15) is 113 Å². The molecule has 10 aromatic carbocycles. The maximum absolute atomic E-state index is 13.5. The lowest BCUT2D eigenvalue weighted by molar-refractivity contribution is -0.275. The number of hydrogen-bond acceptors (Lipinski definition) is 12. The van der Waals surface area contributed by atoms with Crippen molar-refractivity contribution >= 4 is 35.8 Å².